The molecule has 488 valence electrons. The van der Waals surface area contributed by atoms with Gasteiger partial charge in [-0.1, -0.05) is 83.1 Å². The lowest BCUT2D eigenvalue weighted by Gasteiger charge is -2.26. The van der Waals surface area contributed by atoms with Crippen LogP contribution in [0.25, 0.3) is 130 Å². The quantitative estimate of drug-likeness (QED) is 0.0900. The molecule has 13 rings (SSSR count). The fraction of sp³-hybridized carbons (Fsp3) is 0.211. The lowest BCUT2D eigenvalue weighted by Crippen LogP contribution is -2.17. The second kappa shape index (κ2) is 23.5. The molecule has 9 heterocycles. The molecule has 2 aliphatic heterocycles. The molecule has 0 saturated heterocycles. The van der Waals surface area contributed by atoms with E-state index in [0.717, 1.165) is 40.4 Å². The topological polar surface area (TPSA) is 97.2 Å². The summed E-state index contributed by atoms with van der Waals surface area (Å²) >= 11 is 5.44. The monoisotopic (exact) mass is 1380 g/mol. The molecular formula is C76H58F10N4O2S4. The van der Waals surface area contributed by atoms with Crippen molar-refractivity contribution in [3.05, 3.63) is 200 Å². The van der Waals surface area contributed by atoms with Crippen LogP contribution in [0.1, 0.15) is 128 Å². The third kappa shape index (κ3) is 11.3. The van der Waals surface area contributed by atoms with Crippen LogP contribution in [-0.2, 0) is 31.9 Å². The second-order valence-corrected chi connectivity index (χ2v) is 32.2. The van der Waals surface area contributed by atoms with E-state index in [4.69, 9.17) is 9.97 Å². The first kappa shape index (κ1) is 65.8. The van der Waals surface area contributed by atoms with E-state index < -0.39 is 102 Å². The Balaban J connectivity index is 1.06. The van der Waals surface area contributed by atoms with Gasteiger partial charge >= 0.3 is 0 Å². The molecule has 0 unspecified atom stereocenters. The first-order valence-corrected chi connectivity index (χ1v) is 33.7. The highest BCUT2D eigenvalue weighted by Crippen LogP contribution is 2.51. The summed E-state index contributed by atoms with van der Waals surface area (Å²) in [5.41, 5.74) is -1.31. The number of aromatic nitrogens is 4. The summed E-state index contributed by atoms with van der Waals surface area (Å²) in [6.07, 6.45) is 5.57. The molecule has 2 radical (unpaired) electrons. The Labute approximate surface area is 562 Å². The molecule has 0 saturated carbocycles. The van der Waals surface area contributed by atoms with Crippen LogP contribution in [-0.4, -0.2) is 19.9 Å². The van der Waals surface area contributed by atoms with Crippen molar-refractivity contribution in [1.82, 2.24) is 19.9 Å². The van der Waals surface area contributed by atoms with E-state index in [-0.39, 0.29) is 67.5 Å². The molecule has 0 amide bonds. The molecule has 20 heteroatoms. The van der Waals surface area contributed by atoms with E-state index >= 15 is 35.1 Å². The number of H-pyrrole nitrogens is 2. The molecule has 0 atom stereocenters. The summed E-state index contributed by atoms with van der Waals surface area (Å²) in [5.74, 6) is -22.2. The number of thiophene rings is 4. The summed E-state index contributed by atoms with van der Waals surface area (Å²) in [4.78, 5) is 21.8. The average Bonchev–Trinajstić information content (AvgIpc) is 1.48. The summed E-state index contributed by atoms with van der Waals surface area (Å²) in [5, 5.41) is 27.8. The van der Waals surface area contributed by atoms with Crippen LogP contribution in [0.15, 0.2) is 97.1 Å². The predicted molar refractivity (Wildman–Crippen MR) is 368 cm³/mol. The molecule has 0 fully saturated rings. The Kier molecular flexibility index (Phi) is 16.1. The number of nitrogens with one attached hydrogen (secondary N) is 2. The van der Waals surface area contributed by atoms with Gasteiger partial charge in [-0.15, -0.1) is 45.3 Å². The molecular weight excluding hydrogens is 1320 g/mol. The van der Waals surface area contributed by atoms with Gasteiger partial charge in [0.15, 0.2) is 58.0 Å². The zero-order valence-corrected chi connectivity index (χ0v) is 56.9. The Morgan fingerprint density at radius 3 is 0.771 bits per heavy atom. The van der Waals surface area contributed by atoms with Crippen LogP contribution in [0.2, 0.25) is 0 Å². The first-order chi connectivity index (χ1) is 45.1. The minimum Gasteiger partial charge on any atom is -0.354 e. The Hall–Kier alpha value is -8.82. The van der Waals surface area contributed by atoms with Gasteiger partial charge in [-0.25, -0.2) is 53.9 Å². The second-order valence-electron chi connectivity index (χ2n) is 27.8. The number of benzene rings is 4. The van der Waals surface area contributed by atoms with Gasteiger partial charge in [0.25, 0.3) is 0 Å². The van der Waals surface area contributed by atoms with E-state index in [0.29, 0.717) is 32.0 Å². The zero-order chi connectivity index (χ0) is 68.9. The lowest BCUT2D eigenvalue weighted by atomic mass is 9.78. The molecule has 2 aliphatic rings. The third-order valence-corrected chi connectivity index (χ3v) is 21.9. The van der Waals surface area contributed by atoms with Crippen LogP contribution >= 0.6 is 45.3 Å². The highest BCUT2D eigenvalue weighted by Gasteiger charge is 2.35. The van der Waals surface area contributed by atoms with Crippen molar-refractivity contribution in [2.75, 3.05) is 0 Å². The van der Waals surface area contributed by atoms with Crippen molar-refractivity contribution in [2.24, 2.45) is 0 Å². The predicted octanol–water partition coefficient (Wildman–Crippen LogP) is 25.1. The zero-order valence-electron chi connectivity index (χ0n) is 53.7. The standard InChI is InChI=1S/C76H58F10N4O2S4/c1-73(2,3)35-29-33(30-36(71(35)91)74(4,5)6)47-21-23-49(93-47)51-25-27-53(95-51)55-39-13-17-43(87-39)57(59-61(77)65(81)69(85)66(82)62(59)78)45-19-15-41(89-45)56(42-16-20-46(90-42)58(44-18-14-40(55)88-44)60-63(79)67(83)70(86)68(84)64(60)80)54-28-26-52(96-54)50-24-22-48(94-50)34-31-37(75(7,8)9)72(92)38(32-34)76(10,11)12/h13-32,87,90H,1-12H3. The minimum absolute atomic E-state index is 0.0267. The van der Waals surface area contributed by atoms with Gasteiger partial charge in [0.2, 0.25) is 11.6 Å². The smallest absolute Gasteiger partial charge is 0.200 e. The largest absolute Gasteiger partial charge is 0.354 e. The van der Waals surface area contributed by atoms with Crippen molar-refractivity contribution >= 4 is 91.7 Å². The van der Waals surface area contributed by atoms with Crippen molar-refractivity contribution in [2.45, 2.75) is 105 Å². The van der Waals surface area contributed by atoms with E-state index in [2.05, 4.69) is 9.97 Å². The van der Waals surface area contributed by atoms with Gasteiger partial charge in [0, 0.05) is 106 Å². The maximum absolute atomic E-state index is 16.6. The maximum atomic E-state index is 16.6. The van der Waals surface area contributed by atoms with E-state index in [9.17, 15) is 19.0 Å². The normalized spacial score (nSPS) is 12.9. The summed E-state index contributed by atoms with van der Waals surface area (Å²) in [6.45, 7) is 23.8. The van der Waals surface area contributed by atoms with Gasteiger partial charge in [-0.3, -0.25) is 10.2 Å². The number of nitrogens with zero attached hydrogens (tertiary/aromatic N) is 2. The van der Waals surface area contributed by atoms with Crippen LogP contribution in [0, 0.1) is 58.2 Å². The van der Waals surface area contributed by atoms with Gasteiger partial charge in [0.05, 0.1) is 33.9 Å². The van der Waals surface area contributed by atoms with Crippen molar-refractivity contribution in [3.63, 3.8) is 0 Å². The molecule has 0 spiro atoms. The van der Waals surface area contributed by atoms with Crippen LogP contribution in [0.5, 0.6) is 11.5 Å². The van der Waals surface area contributed by atoms with Crippen molar-refractivity contribution in [1.29, 1.82) is 0 Å². The molecule has 0 aliphatic carbocycles. The summed E-state index contributed by atoms with van der Waals surface area (Å²) in [6, 6.07) is 28.2. The molecule has 96 heavy (non-hydrogen) atoms. The molecule has 4 aromatic carbocycles. The number of fused-ring (bicyclic) bond motifs is 8. The fourth-order valence-electron chi connectivity index (χ4n) is 12.1. The summed E-state index contributed by atoms with van der Waals surface area (Å²) in [7, 11) is 0. The Bertz CT molecular complexity index is 4880. The number of hydrogen-bond donors (Lipinski definition) is 2. The van der Waals surface area contributed by atoms with Gasteiger partial charge in [-0.2, -0.15) is 0 Å². The van der Waals surface area contributed by atoms with Crippen LogP contribution < -0.4 is 0 Å². The van der Waals surface area contributed by atoms with Crippen LogP contribution in [0.3, 0.4) is 0 Å². The molecule has 6 nitrogen and oxygen atoms in total. The van der Waals surface area contributed by atoms with Gasteiger partial charge < -0.3 is 9.97 Å². The molecule has 11 aromatic rings. The number of halogens is 10. The van der Waals surface area contributed by atoms with E-state index in [1.807, 2.05) is 144 Å². The van der Waals surface area contributed by atoms with Gasteiger partial charge in [-0.05, 0) is 154 Å². The van der Waals surface area contributed by atoms with Crippen molar-refractivity contribution in [3.8, 4) is 95.0 Å². The average molecular weight is 1380 g/mol. The first-order valence-electron chi connectivity index (χ1n) is 30.4. The number of rotatable bonds is 8. The van der Waals surface area contributed by atoms with E-state index in [1.165, 1.54) is 93.9 Å². The lowest BCUT2D eigenvalue weighted by molar-refractivity contribution is 0.326. The maximum Gasteiger partial charge on any atom is 0.200 e. The molecule has 7 aromatic heterocycles. The van der Waals surface area contributed by atoms with E-state index in [1.54, 1.807) is 12.1 Å². The Morgan fingerprint density at radius 1 is 0.281 bits per heavy atom. The molecule has 8 bridgehead atoms. The Morgan fingerprint density at radius 2 is 0.500 bits per heavy atom. The summed E-state index contributed by atoms with van der Waals surface area (Å²) < 4.78 is 159. The minimum atomic E-state index is -2.38. The van der Waals surface area contributed by atoms with Gasteiger partial charge in [0.1, 0.15) is 0 Å². The SMILES string of the molecule is CC(C)(C)c1cc(-c2ccc(-c3ccc(-c4c5nc(c(-c6c(F)c(F)c(F)c(F)c6F)c6ccc([nH]6)c(-c6ccc(-c7ccc(-c8cc(C(C)(C)C)c([O])c(C(C)(C)C)c8)s7)s6)c6nc(c(-c7c(F)c(F)c(F)c(F)c7F)c7ccc4[nH]7)C=C6)C=C5)s3)s2)cc(C(C)(C)C)c1[O]. The molecule has 2 N–H and O–H groups in total. The number of aromatic amines is 2. The highest BCUT2D eigenvalue weighted by atomic mass is 32.1. The highest BCUT2D eigenvalue weighted by molar-refractivity contribution is 7.26. The number of hydrogen-bond acceptors (Lipinski definition) is 6. The van der Waals surface area contributed by atoms with Crippen molar-refractivity contribution < 1.29 is 54.1 Å². The fourth-order valence-corrected chi connectivity index (χ4v) is 16.4. The third-order valence-electron chi connectivity index (χ3n) is 17.1. The van der Waals surface area contributed by atoms with Crippen LogP contribution in [0.4, 0.5) is 43.9 Å².